The van der Waals surface area contributed by atoms with Crippen molar-refractivity contribution >= 4 is 29.2 Å². The van der Waals surface area contributed by atoms with Gasteiger partial charge in [-0.1, -0.05) is 53.5 Å². The van der Waals surface area contributed by atoms with E-state index in [1.54, 1.807) is 0 Å². The summed E-state index contributed by atoms with van der Waals surface area (Å²) in [4.78, 5) is 12.0. The molecule has 1 aliphatic carbocycles. The molecule has 0 bridgehead atoms. The number of carbonyl (C=O) groups is 1. The Bertz CT molecular complexity index is 696. The highest BCUT2D eigenvalue weighted by Gasteiger charge is 2.44. The third-order valence-corrected chi connectivity index (χ3v) is 4.92. The molecule has 1 saturated carbocycles. The van der Waals surface area contributed by atoms with Gasteiger partial charge in [-0.3, -0.25) is 0 Å². The summed E-state index contributed by atoms with van der Waals surface area (Å²) in [6.45, 7) is 1.04. The van der Waals surface area contributed by atoms with Gasteiger partial charge in [0.1, 0.15) is 0 Å². The summed E-state index contributed by atoms with van der Waals surface area (Å²) in [6.07, 6.45) is 2.17. The number of carbonyl (C=O) groups excluding carboxylic acids is 1. The van der Waals surface area contributed by atoms with Gasteiger partial charge in [-0.25, -0.2) is 4.79 Å². The van der Waals surface area contributed by atoms with Crippen molar-refractivity contribution in [2.75, 3.05) is 6.54 Å². The van der Waals surface area contributed by atoms with Crippen LogP contribution in [0, 0.1) is 0 Å². The van der Waals surface area contributed by atoms with Crippen LogP contribution in [0.15, 0.2) is 48.5 Å². The minimum atomic E-state index is -0.176. The van der Waals surface area contributed by atoms with Crippen LogP contribution in [0.4, 0.5) is 4.79 Å². The predicted molar refractivity (Wildman–Crippen MR) is 94.1 cm³/mol. The van der Waals surface area contributed by atoms with Crippen LogP contribution in [0.25, 0.3) is 0 Å². The standard InChI is InChI=1S/C18H18Cl2N2O/c19-15-7-5-14(6-8-15)18(9-10-18)12-22-17(23)21-11-13-3-1-2-4-16(13)20/h1-8H,9-12H2,(H2,21,22,23). The Morgan fingerprint density at radius 3 is 2.35 bits per heavy atom. The quantitative estimate of drug-likeness (QED) is 0.818. The smallest absolute Gasteiger partial charge is 0.315 e. The first kappa shape index (κ1) is 16.2. The molecular formula is C18H18Cl2N2O. The summed E-state index contributed by atoms with van der Waals surface area (Å²) in [7, 11) is 0. The molecule has 2 N–H and O–H groups in total. The second kappa shape index (κ2) is 6.81. The van der Waals surface area contributed by atoms with Gasteiger partial charge in [-0.15, -0.1) is 0 Å². The highest BCUT2D eigenvalue weighted by molar-refractivity contribution is 6.31. The minimum Gasteiger partial charge on any atom is -0.337 e. The fraction of sp³-hybridized carbons (Fsp3) is 0.278. The zero-order valence-electron chi connectivity index (χ0n) is 12.6. The van der Waals surface area contributed by atoms with Gasteiger partial charge in [0.15, 0.2) is 0 Å². The highest BCUT2D eigenvalue weighted by atomic mass is 35.5. The molecule has 0 aromatic heterocycles. The van der Waals surface area contributed by atoms with E-state index in [2.05, 4.69) is 10.6 Å². The van der Waals surface area contributed by atoms with Gasteiger partial charge >= 0.3 is 6.03 Å². The Morgan fingerprint density at radius 1 is 1.00 bits per heavy atom. The first-order chi connectivity index (χ1) is 11.1. The molecule has 2 aromatic carbocycles. The van der Waals surface area contributed by atoms with Crippen LogP contribution in [0.1, 0.15) is 24.0 Å². The monoisotopic (exact) mass is 348 g/mol. The van der Waals surface area contributed by atoms with Crippen molar-refractivity contribution in [3.05, 3.63) is 69.7 Å². The van der Waals surface area contributed by atoms with Crippen LogP contribution < -0.4 is 10.6 Å². The number of hydrogen-bond acceptors (Lipinski definition) is 1. The fourth-order valence-electron chi connectivity index (χ4n) is 2.65. The third kappa shape index (κ3) is 3.98. The van der Waals surface area contributed by atoms with E-state index in [-0.39, 0.29) is 11.4 Å². The van der Waals surface area contributed by atoms with E-state index < -0.39 is 0 Å². The summed E-state index contributed by atoms with van der Waals surface area (Å²) in [5, 5.41) is 7.20. The lowest BCUT2D eigenvalue weighted by molar-refractivity contribution is 0.239. The maximum absolute atomic E-state index is 12.0. The molecule has 0 heterocycles. The number of rotatable bonds is 5. The van der Waals surface area contributed by atoms with E-state index in [1.165, 1.54) is 5.56 Å². The molecule has 3 rings (SSSR count). The van der Waals surface area contributed by atoms with E-state index in [9.17, 15) is 4.79 Å². The van der Waals surface area contributed by atoms with Gasteiger partial charge in [-0.2, -0.15) is 0 Å². The van der Waals surface area contributed by atoms with Crippen LogP contribution in [0.5, 0.6) is 0 Å². The molecule has 0 aliphatic heterocycles. The van der Waals surface area contributed by atoms with Gasteiger partial charge in [0.2, 0.25) is 0 Å². The Kier molecular flexibility index (Phi) is 4.79. The average molecular weight is 349 g/mol. The summed E-state index contributed by atoms with van der Waals surface area (Å²) >= 11 is 12.0. The van der Waals surface area contributed by atoms with Crippen molar-refractivity contribution in [2.24, 2.45) is 0 Å². The normalized spacial score (nSPS) is 15.0. The fourth-order valence-corrected chi connectivity index (χ4v) is 2.98. The molecule has 0 atom stereocenters. The molecule has 2 amide bonds. The number of amides is 2. The maximum atomic E-state index is 12.0. The molecule has 120 valence electrons. The van der Waals surface area contributed by atoms with Crippen LogP contribution >= 0.6 is 23.2 Å². The largest absolute Gasteiger partial charge is 0.337 e. The Labute approximate surface area is 146 Å². The van der Waals surface area contributed by atoms with Crippen molar-refractivity contribution < 1.29 is 4.79 Å². The van der Waals surface area contributed by atoms with Gasteiger partial charge < -0.3 is 10.6 Å². The van der Waals surface area contributed by atoms with Crippen molar-refractivity contribution in [1.29, 1.82) is 0 Å². The molecule has 2 aromatic rings. The lowest BCUT2D eigenvalue weighted by atomic mass is 9.96. The number of nitrogens with one attached hydrogen (secondary N) is 2. The van der Waals surface area contributed by atoms with Crippen molar-refractivity contribution in [2.45, 2.75) is 24.8 Å². The highest BCUT2D eigenvalue weighted by Crippen LogP contribution is 2.47. The minimum absolute atomic E-state index is 0.0618. The lowest BCUT2D eigenvalue weighted by Crippen LogP contribution is -2.39. The summed E-state index contributed by atoms with van der Waals surface area (Å²) in [5.74, 6) is 0. The molecule has 5 heteroatoms. The Hall–Kier alpha value is -1.71. The molecule has 0 spiro atoms. The van der Waals surface area contributed by atoms with Gasteiger partial charge in [0.05, 0.1) is 0 Å². The van der Waals surface area contributed by atoms with Crippen molar-refractivity contribution in [1.82, 2.24) is 10.6 Å². The van der Waals surface area contributed by atoms with Crippen molar-refractivity contribution in [3.63, 3.8) is 0 Å². The number of benzene rings is 2. The van der Waals surface area contributed by atoms with Crippen LogP contribution in [0.2, 0.25) is 10.0 Å². The Balaban J connectivity index is 1.51. The van der Waals surface area contributed by atoms with E-state index >= 15 is 0 Å². The third-order valence-electron chi connectivity index (χ3n) is 4.29. The molecule has 1 aliphatic rings. The SMILES string of the molecule is O=C(NCc1ccccc1Cl)NCC1(c2ccc(Cl)cc2)CC1. The molecule has 1 fully saturated rings. The number of halogens is 2. The summed E-state index contributed by atoms with van der Waals surface area (Å²) < 4.78 is 0. The number of urea groups is 1. The number of hydrogen-bond donors (Lipinski definition) is 2. The Morgan fingerprint density at radius 2 is 1.70 bits per heavy atom. The lowest BCUT2D eigenvalue weighted by Gasteiger charge is -2.17. The second-order valence-electron chi connectivity index (χ2n) is 5.91. The van der Waals surface area contributed by atoms with E-state index in [1.807, 2.05) is 48.5 Å². The predicted octanol–water partition coefficient (Wildman–Crippen LogP) is 4.52. The summed E-state index contributed by atoms with van der Waals surface area (Å²) in [5.41, 5.74) is 2.20. The molecule has 0 saturated heterocycles. The average Bonchev–Trinajstić information content (AvgIpc) is 3.34. The second-order valence-corrected chi connectivity index (χ2v) is 6.76. The van der Waals surface area contributed by atoms with Crippen LogP contribution in [-0.4, -0.2) is 12.6 Å². The zero-order chi connectivity index (χ0) is 16.3. The molecule has 0 radical (unpaired) electrons. The first-order valence-corrected chi connectivity index (χ1v) is 8.36. The zero-order valence-corrected chi connectivity index (χ0v) is 14.1. The first-order valence-electron chi connectivity index (χ1n) is 7.60. The molecular weight excluding hydrogens is 331 g/mol. The van der Waals surface area contributed by atoms with E-state index in [0.717, 1.165) is 23.4 Å². The van der Waals surface area contributed by atoms with Gasteiger partial charge in [-0.05, 0) is 42.2 Å². The van der Waals surface area contributed by atoms with Crippen LogP contribution in [0.3, 0.4) is 0 Å². The molecule has 3 nitrogen and oxygen atoms in total. The molecule has 23 heavy (non-hydrogen) atoms. The molecule has 0 unspecified atom stereocenters. The van der Waals surface area contributed by atoms with E-state index in [0.29, 0.717) is 18.1 Å². The van der Waals surface area contributed by atoms with Gasteiger partial charge in [0.25, 0.3) is 0 Å². The topological polar surface area (TPSA) is 41.1 Å². The summed E-state index contributed by atoms with van der Waals surface area (Å²) in [6, 6.07) is 15.2. The maximum Gasteiger partial charge on any atom is 0.315 e. The van der Waals surface area contributed by atoms with Crippen molar-refractivity contribution in [3.8, 4) is 0 Å². The van der Waals surface area contributed by atoms with Gasteiger partial charge in [0, 0.05) is 28.5 Å². The van der Waals surface area contributed by atoms with E-state index in [4.69, 9.17) is 23.2 Å². The van der Waals surface area contributed by atoms with Crippen LogP contribution in [-0.2, 0) is 12.0 Å².